The zero-order chi connectivity index (χ0) is 22.0. The van der Waals surface area contributed by atoms with E-state index in [-0.39, 0.29) is 11.8 Å². The second-order valence-corrected chi connectivity index (χ2v) is 7.42. The van der Waals surface area contributed by atoms with Crippen LogP contribution in [0.5, 0.6) is 0 Å². The number of carbonyl (C=O) groups excluding carboxylic acids is 1. The second kappa shape index (κ2) is 8.47. The smallest absolute Gasteiger partial charge is 0.353 e. The van der Waals surface area contributed by atoms with Gasteiger partial charge in [0.25, 0.3) is 0 Å². The number of hydrogen-bond acceptors (Lipinski definition) is 5. The first-order valence-electron chi connectivity index (χ1n) is 9.92. The van der Waals surface area contributed by atoms with E-state index >= 15 is 0 Å². The molecule has 1 aliphatic rings. The van der Waals surface area contributed by atoms with E-state index in [0.717, 1.165) is 6.07 Å². The van der Waals surface area contributed by atoms with Crippen molar-refractivity contribution in [3.8, 4) is 0 Å². The van der Waals surface area contributed by atoms with E-state index in [1.807, 2.05) is 4.90 Å². The van der Waals surface area contributed by atoms with E-state index in [4.69, 9.17) is 0 Å². The number of ketones is 1. The SMILES string of the molecule is Cc1ncccc1C(=O)c1cccc(N2CCNC(c3cccc(C(F)(F)F)c3)C2)n1. The first-order chi connectivity index (χ1) is 14.8. The topological polar surface area (TPSA) is 58.1 Å². The van der Waals surface area contributed by atoms with E-state index in [9.17, 15) is 18.0 Å². The Morgan fingerprint density at radius 2 is 1.94 bits per heavy atom. The number of alkyl halides is 3. The van der Waals surface area contributed by atoms with Crippen molar-refractivity contribution in [3.63, 3.8) is 0 Å². The van der Waals surface area contributed by atoms with Gasteiger partial charge in [-0.1, -0.05) is 18.2 Å². The summed E-state index contributed by atoms with van der Waals surface area (Å²) in [5.74, 6) is 0.405. The van der Waals surface area contributed by atoms with Crippen LogP contribution in [0.4, 0.5) is 19.0 Å². The minimum atomic E-state index is -4.38. The number of rotatable bonds is 4. The number of aromatic nitrogens is 2. The quantitative estimate of drug-likeness (QED) is 0.634. The predicted octanol–water partition coefficient (Wildman–Crippen LogP) is 4.19. The highest BCUT2D eigenvalue weighted by Crippen LogP contribution is 2.31. The molecule has 4 rings (SSSR count). The summed E-state index contributed by atoms with van der Waals surface area (Å²) in [6.07, 6.45) is -2.75. The number of piperazine rings is 1. The summed E-state index contributed by atoms with van der Waals surface area (Å²) in [6.45, 7) is 3.43. The average Bonchev–Trinajstić information content (AvgIpc) is 2.79. The summed E-state index contributed by atoms with van der Waals surface area (Å²) in [5, 5.41) is 3.27. The first kappa shape index (κ1) is 21.0. The third kappa shape index (κ3) is 4.59. The van der Waals surface area contributed by atoms with Crippen LogP contribution in [0, 0.1) is 6.92 Å². The molecular weight excluding hydrogens is 405 g/mol. The van der Waals surface area contributed by atoms with E-state index < -0.39 is 11.7 Å². The molecule has 3 aromatic rings. The number of carbonyl (C=O) groups is 1. The minimum Gasteiger partial charge on any atom is -0.353 e. The molecule has 3 heterocycles. The Morgan fingerprint density at radius 1 is 1.13 bits per heavy atom. The molecule has 1 N–H and O–H groups in total. The van der Waals surface area contributed by atoms with Crippen molar-refractivity contribution >= 4 is 11.6 Å². The van der Waals surface area contributed by atoms with Crippen LogP contribution in [-0.4, -0.2) is 35.4 Å². The second-order valence-electron chi connectivity index (χ2n) is 7.42. The van der Waals surface area contributed by atoms with Crippen molar-refractivity contribution in [3.05, 3.63) is 88.9 Å². The third-order valence-corrected chi connectivity index (χ3v) is 5.33. The summed E-state index contributed by atoms with van der Waals surface area (Å²) in [4.78, 5) is 23.6. The highest BCUT2D eigenvalue weighted by atomic mass is 19.4. The van der Waals surface area contributed by atoms with Crippen LogP contribution < -0.4 is 10.2 Å². The monoisotopic (exact) mass is 426 g/mol. The van der Waals surface area contributed by atoms with Gasteiger partial charge in [0.2, 0.25) is 5.78 Å². The molecule has 0 aliphatic carbocycles. The normalized spacial score (nSPS) is 16.9. The highest BCUT2D eigenvalue weighted by Gasteiger charge is 2.31. The lowest BCUT2D eigenvalue weighted by Gasteiger charge is -2.35. The zero-order valence-corrected chi connectivity index (χ0v) is 16.9. The van der Waals surface area contributed by atoms with E-state index in [1.54, 1.807) is 49.5 Å². The van der Waals surface area contributed by atoms with Gasteiger partial charge >= 0.3 is 6.18 Å². The number of nitrogens with zero attached hydrogens (tertiary/aromatic N) is 3. The lowest BCUT2D eigenvalue weighted by molar-refractivity contribution is -0.137. The number of hydrogen-bond donors (Lipinski definition) is 1. The molecule has 160 valence electrons. The maximum atomic E-state index is 13.1. The predicted molar refractivity (Wildman–Crippen MR) is 111 cm³/mol. The van der Waals surface area contributed by atoms with Crippen molar-refractivity contribution in [2.45, 2.75) is 19.1 Å². The van der Waals surface area contributed by atoms with E-state index in [1.165, 1.54) is 12.1 Å². The lowest BCUT2D eigenvalue weighted by Crippen LogP contribution is -2.46. The fourth-order valence-electron chi connectivity index (χ4n) is 3.70. The Kier molecular flexibility index (Phi) is 5.73. The van der Waals surface area contributed by atoms with Gasteiger partial charge in [-0.25, -0.2) is 4.98 Å². The molecule has 1 aliphatic heterocycles. The van der Waals surface area contributed by atoms with Crippen LogP contribution in [0.1, 0.15) is 38.9 Å². The molecular formula is C23H21F3N4O. The van der Waals surface area contributed by atoms with Crippen LogP contribution in [0.3, 0.4) is 0 Å². The number of pyridine rings is 2. The molecule has 1 unspecified atom stereocenters. The molecule has 31 heavy (non-hydrogen) atoms. The summed E-state index contributed by atoms with van der Waals surface area (Å²) in [5.41, 5.74) is 1.34. The van der Waals surface area contributed by atoms with Gasteiger partial charge in [-0.15, -0.1) is 0 Å². The standard InChI is InChI=1S/C23H21F3N4O/c1-15-18(7-4-10-27-15)22(31)19-8-3-9-21(29-19)30-12-11-28-20(14-30)16-5-2-6-17(13-16)23(24,25)26/h2-10,13,20,28H,11-12,14H2,1H3. The molecule has 0 spiro atoms. The van der Waals surface area contributed by atoms with Gasteiger partial charge in [-0.2, -0.15) is 13.2 Å². The molecule has 8 heteroatoms. The maximum absolute atomic E-state index is 13.1. The molecule has 2 aromatic heterocycles. The highest BCUT2D eigenvalue weighted by molar-refractivity contribution is 6.08. The van der Waals surface area contributed by atoms with Crippen molar-refractivity contribution in [2.75, 3.05) is 24.5 Å². The first-order valence-corrected chi connectivity index (χ1v) is 9.92. The van der Waals surface area contributed by atoms with Gasteiger partial charge in [0.15, 0.2) is 0 Å². The van der Waals surface area contributed by atoms with Gasteiger partial charge < -0.3 is 10.2 Å². The number of halogens is 3. The van der Waals surface area contributed by atoms with Crippen molar-refractivity contribution in [1.29, 1.82) is 0 Å². The Bertz CT molecular complexity index is 1100. The summed E-state index contributed by atoms with van der Waals surface area (Å²) in [7, 11) is 0. The number of benzene rings is 1. The third-order valence-electron chi connectivity index (χ3n) is 5.33. The molecule has 1 atom stereocenters. The van der Waals surface area contributed by atoms with Crippen LogP contribution in [-0.2, 0) is 6.18 Å². The molecule has 0 bridgehead atoms. The van der Waals surface area contributed by atoms with Gasteiger partial charge in [-0.05, 0) is 48.9 Å². The van der Waals surface area contributed by atoms with Gasteiger partial charge in [-0.3, -0.25) is 9.78 Å². The fraction of sp³-hybridized carbons (Fsp3) is 0.261. The summed E-state index contributed by atoms with van der Waals surface area (Å²) < 4.78 is 39.3. The van der Waals surface area contributed by atoms with Crippen LogP contribution in [0.15, 0.2) is 60.8 Å². The Morgan fingerprint density at radius 3 is 2.71 bits per heavy atom. The number of aryl methyl sites for hydroxylation is 1. The lowest BCUT2D eigenvalue weighted by atomic mass is 10.0. The van der Waals surface area contributed by atoms with Gasteiger partial charge in [0.05, 0.1) is 5.56 Å². The van der Waals surface area contributed by atoms with Crippen LogP contribution in [0.25, 0.3) is 0 Å². The molecule has 5 nitrogen and oxygen atoms in total. The average molecular weight is 426 g/mol. The summed E-state index contributed by atoms with van der Waals surface area (Å²) in [6, 6.07) is 13.7. The number of nitrogens with one attached hydrogen (secondary N) is 1. The maximum Gasteiger partial charge on any atom is 0.416 e. The minimum absolute atomic E-state index is 0.211. The van der Waals surface area contributed by atoms with Crippen LogP contribution >= 0.6 is 0 Å². The Labute approximate surface area is 178 Å². The van der Waals surface area contributed by atoms with E-state index in [0.29, 0.717) is 48.0 Å². The Balaban J connectivity index is 1.56. The molecule has 0 radical (unpaired) electrons. The van der Waals surface area contributed by atoms with Crippen molar-refractivity contribution in [2.24, 2.45) is 0 Å². The molecule has 1 fully saturated rings. The zero-order valence-electron chi connectivity index (χ0n) is 16.9. The number of anilines is 1. The summed E-state index contributed by atoms with van der Waals surface area (Å²) >= 11 is 0. The van der Waals surface area contributed by atoms with Gasteiger partial charge in [0.1, 0.15) is 11.5 Å². The molecule has 1 aromatic carbocycles. The fourth-order valence-corrected chi connectivity index (χ4v) is 3.70. The molecule has 1 saturated heterocycles. The largest absolute Gasteiger partial charge is 0.416 e. The van der Waals surface area contributed by atoms with Crippen molar-refractivity contribution in [1.82, 2.24) is 15.3 Å². The Hall–Kier alpha value is -3.26. The molecule has 0 saturated carbocycles. The van der Waals surface area contributed by atoms with Gasteiger partial charge in [0, 0.05) is 43.1 Å². The van der Waals surface area contributed by atoms with Crippen LogP contribution in [0.2, 0.25) is 0 Å². The molecule has 0 amide bonds. The van der Waals surface area contributed by atoms with Crippen molar-refractivity contribution < 1.29 is 18.0 Å². The van der Waals surface area contributed by atoms with E-state index in [2.05, 4.69) is 15.3 Å².